The van der Waals surface area contributed by atoms with Crippen LogP contribution in [0.15, 0.2) is 58.3 Å². The second-order valence-electron chi connectivity index (χ2n) is 7.09. The first-order chi connectivity index (χ1) is 17.0. The predicted octanol–water partition coefficient (Wildman–Crippen LogP) is 2.36. The molecule has 0 fully saturated rings. The molecule has 0 aliphatic rings. The number of nitrogens with two attached hydrogens (primary N) is 1. The van der Waals surface area contributed by atoms with Crippen molar-refractivity contribution in [2.45, 2.75) is 13.3 Å². The Morgan fingerprint density at radius 3 is 2.60 bits per heavy atom. The van der Waals surface area contributed by atoms with Crippen molar-refractivity contribution in [2.75, 3.05) is 12.3 Å². The van der Waals surface area contributed by atoms with Crippen LogP contribution in [0.1, 0.15) is 29.4 Å². The molecule has 2 heterocycles. The van der Waals surface area contributed by atoms with Gasteiger partial charge in [-0.25, -0.2) is 10.1 Å². The van der Waals surface area contributed by atoms with Crippen LogP contribution in [0.5, 0.6) is 5.75 Å². The van der Waals surface area contributed by atoms with Gasteiger partial charge in [0.25, 0.3) is 11.6 Å². The number of nitro groups is 1. The van der Waals surface area contributed by atoms with E-state index in [9.17, 15) is 14.9 Å². The zero-order valence-corrected chi connectivity index (χ0v) is 18.4. The van der Waals surface area contributed by atoms with E-state index in [1.807, 2.05) is 6.92 Å². The summed E-state index contributed by atoms with van der Waals surface area (Å²) in [5.41, 5.74) is 9.47. The summed E-state index contributed by atoms with van der Waals surface area (Å²) in [6.45, 7) is 2.57. The average Bonchev–Trinajstić information content (AvgIpc) is 3.49. The number of hydrogen-bond acceptors (Lipinski definition) is 11. The van der Waals surface area contributed by atoms with Crippen molar-refractivity contribution in [3.63, 3.8) is 0 Å². The van der Waals surface area contributed by atoms with Crippen LogP contribution < -0.4 is 15.9 Å². The van der Waals surface area contributed by atoms with Crippen LogP contribution in [0.2, 0.25) is 0 Å². The van der Waals surface area contributed by atoms with Gasteiger partial charge in [0.2, 0.25) is 11.6 Å². The Morgan fingerprint density at radius 1 is 1.23 bits per heavy atom. The molecule has 0 unspecified atom stereocenters. The topological polar surface area (TPSA) is 189 Å². The minimum atomic E-state index is -0.661. The molecule has 4 aromatic rings. The molecule has 14 nitrogen and oxygen atoms in total. The number of non-ortho nitro benzene ring substituents is 1. The molecule has 0 bridgehead atoms. The molecule has 0 saturated heterocycles. The first-order valence-corrected chi connectivity index (χ1v) is 10.3. The Kier molecular flexibility index (Phi) is 6.71. The maximum atomic E-state index is 12.9. The molecular formula is C21H19N9O5. The highest BCUT2D eigenvalue weighted by Crippen LogP contribution is 2.28. The van der Waals surface area contributed by atoms with E-state index in [4.69, 9.17) is 10.5 Å². The van der Waals surface area contributed by atoms with E-state index in [-0.39, 0.29) is 28.7 Å². The van der Waals surface area contributed by atoms with Gasteiger partial charge in [-0.2, -0.15) is 9.78 Å². The third-order valence-corrected chi connectivity index (χ3v) is 4.67. The van der Waals surface area contributed by atoms with E-state index >= 15 is 0 Å². The van der Waals surface area contributed by atoms with Gasteiger partial charge in [0.15, 0.2) is 5.69 Å². The lowest BCUT2D eigenvalue weighted by Crippen LogP contribution is -2.19. The predicted molar refractivity (Wildman–Crippen MR) is 123 cm³/mol. The summed E-state index contributed by atoms with van der Waals surface area (Å²) in [5.74, 6) is 0.0242. The fourth-order valence-electron chi connectivity index (χ4n) is 3.01. The average molecular weight is 477 g/mol. The highest BCUT2D eigenvalue weighted by atomic mass is 16.6. The van der Waals surface area contributed by atoms with Gasteiger partial charge in [-0.3, -0.25) is 14.9 Å². The Balaban J connectivity index is 1.61. The zero-order valence-electron chi connectivity index (χ0n) is 18.4. The third-order valence-electron chi connectivity index (χ3n) is 4.67. The number of nitro benzene ring substituents is 1. The molecule has 1 amide bonds. The summed E-state index contributed by atoms with van der Waals surface area (Å²) in [5, 5.41) is 29.9. The van der Waals surface area contributed by atoms with E-state index in [2.05, 4.69) is 35.8 Å². The number of hydrazone groups is 1. The number of amides is 1. The number of nitrogens with one attached hydrogen (secondary N) is 1. The van der Waals surface area contributed by atoms with Gasteiger partial charge in [-0.05, 0) is 58.7 Å². The summed E-state index contributed by atoms with van der Waals surface area (Å²) in [6.07, 6.45) is 2.20. The SMILES string of the molecule is CCCOc1ccc(-c2c(C(=O)NN=Cc3ccc([N+](=O)[O-])cc3)nnn2-c2nonc2N)cc1. The first-order valence-electron chi connectivity index (χ1n) is 10.3. The number of hydrogen-bond donors (Lipinski definition) is 2. The molecular weight excluding hydrogens is 458 g/mol. The van der Waals surface area contributed by atoms with Crippen LogP contribution in [0.3, 0.4) is 0 Å². The molecule has 4 rings (SSSR count). The summed E-state index contributed by atoms with van der Waals surface area (Å²) in [4.78, 5) is 23.2. The monoisotopic (exact) mass is 477 g/mol. The molecule has 178 valence electrons. The molecule has 0 radical (unpaired) electrons. The van der Waals surface area contributed by atoms with Crippen molar-refractivity contribution in [2.24, 2.45) is 5.10 Å². The van der Waals surface area contributed by atoms with Gasteiger partial charge in [-0.1, -0.05) is 12.1 Å². The highest BCUT2D eigenvalue weighted by Gasteiger charge is 2.25. The third kappa shape index (κ3) is 5.11. The van der Waals surface area contributed by atoms with Crippen molar-refractivity contribution in [1.82, 2.24) is 30.7 Å². The standard InChI is InChI=1S/C21H19N9O5/c1-2-11-34-16-9-5-14(6-10-16)18-17(24-28-29(18)20-19(22)26-35-27-20)21(31)25-23-12-13-3-7-15(8-4-13)30(32)33/h3-10,12H,2,11H2,1H3,(H2,22,26)(H,25,31). The summed E-state index contributed by atoms with van der Waals surface area (Å²) in [6, 6.07) is 12.6. The second kappa shape index (κ2) is 10.2. The van der Waals surface area contributed by atoms with Crippen molar-refractivity contribution in [3.05, 3.63) is 69.9 Å². The van der Waals surface area contributed by atoms with Gasteiger partial charge >= 0.3 is 0 Å². The molecule has 2 aromatic carbocycles. The maximum absolute atomic E-state index is 12.9. The van der Waals surface area contributed by atoms with Gasteiger partial charge in [-0.15, -0.1) is 5.10 Å². The Hall–Kier alpha value is -5.14. The molecule has 35 heavy (non-hydrogen) atoms. The summed E-state index contributed by atoms with van der Waals surface area (Å²) < 4.78 is 11.5. The molecule has 0 aliphatic heterocycles. The van der Waals surface area contributed by atoms with Gasteiger partial charge in [0.05, 0.1) is 17.7 Å². The summed E-state index contributed by atoms with van der Waals surface area (Å²) >= 11 is 0. The number of nitrogen functional groups attached to an aromatic ring is 1. The minimum absolute atomic E-state index is 0.0396. The molecule has 2 aromatic heterocycles. The number of carbonyl (C=O) groups is 1. The van der Waals surface area contributed by atoms with Crippen LogP contribution in [0.4, 0.5) is 11.5 Å². The molecule has 14 heteroatoms. The van der Waals surface area contributed by atoms with Crippen LogP contribution in [-0.4, -0.2) is 49.0 Å². The fraction of sp³-hybridized carbons (Fsp3) is 0.143. The highest BCUT2D eigenvalue weighted by molar-refractivity contribution is 5.98. The van der Waals surface area contributed by atoms with Gasteiger partial charge < -0.3 is 10.5 Å². The Bertz CT molecular complexity index is 1360. The number of rotatable bonds is 9. The number of aromatic nitrogens is 5. The van der Waals surface area contributed by atoms with E-state index in [0.717, 1.165) is 6.42 Å². The van der Waals surface area contributed by atoms with Crippen LogP contribution >= 0.6 is 0 Å². The molecule has 3 N–H and O–H groups in total. The van der Waals surface area contributed by atoms with E-state index in [1.165, 1.54) is 35.2 Å². The number of benzene rings is 2. The molecule has 0 aliphatic carbocycles. The quantitative estimate of drug-likeness (QED) is 0.205. The van der Waals surface area contributed by atoms with Crippen molar-refractivity contribution < 1.29 is 19.1 Å². The van der Waals surface area contributed by atoms with Gasteiger partial charge in [0.1, 0.15) is 11.4 Å². The van der Waals surface area contributed by atoms with Gasteiger partial charge in [0, 0.05) is 17.7 Å². The van der Waals surface area contributed by atoms with Crippen LogP contribution in [-0.2, 0) is 0 Å². The van der Waals surface area contributed by atoms with Crippen LogP contribution in [0.25, 0.3) is 17.1 Å². The lowest BCUT2D eigenvalue weighted by Gasteiger charge is -2.08. The first kappa shape index (κ1) is 23.0. The zero-order chi connectivity index (χ0) is 24.8. The maximum Gasteiger partial charge on any atom is 0.294 e. The van der Waals surface area contributed by atoms with E-state index in [0.29, 0.717) is 23.5 Å². The van der Waals surface area contributed by atoms with E-state index in [1.54, 1.807) is 24.3 Å². The Morgan fingerprint density at radius 2 is 1.97 bits per heavy atom. The molecule has 0 atom stereocenters. The van der Waals surface area contributed by atoms with Crippen LogP contribution in [0, 0.1) is 10.1 Å². The summed E-state index contributed by atoms with van der Waals surface area (Å²) in [7, 11) is 0. The number of carbonyl (C=O) groups excluding carboxylic acids is 1. The fourth-order valence-corrected chi connectivity index (χ4v) is 3.01. The smallest absolute Gasteiger partial charge is 0.294 e. The minimum Gasteiger partial charge on any atom is -0.494 e. The van der Waals surface area contributed by atoms with Crippen molar-refractivity contribution in [3.8, 4) is 22.8 Å². The molecule has 0 spiro atoms. The normalized spacial score (nSPS) is 11.0. The van der Waals surface area contributed by atoms with E-state index < -0.39 is 10.8 Å². The second-order valence-corrected chi connectivity index (χ2v) is 7.09. The number of ether oxygens (including phenoxy) is 1. The number of anilines is 1. The lowest BCUT2D eigenvalue weighted by atomic mass is 10.1. The molecule has 0 saturated carbocycles. The number of nitrogens with zero attached hydrogens (tertiary/aromatic N) is 7. The largest absolute Gasteiger partial charge is 0.494 e. The van der Waals surface area contributed by atoms with Crippen molar-refractivity contribution >= 4 is 23.6 Å². The lowest BCUT2D eigenvalue weighted by molar-refractivity contribution is -0.384. The van der Waals surface area contributed by atoms with Crippen molar-refractivity contribution in [1.29, 1.82) is 0 Å². The Labute approximate surface area is 197 Å².